The maximum absolute atomic E-state index is 11.4. The van der Waals surface area contributed by atoms with Crippen molar-refractivity contribution in [3.05, 3.63) is 49.8 Å². The standard InChI is InChI=1S/C12H14ClN3OS/c1-9-6-15-12(17)16(8-9)5-4-14-7-10-2-3-11(13)18-10/h2-3,6,8,14H,4-5,7H2,1H3. The Hall–Kier alpha value is -1.17. The minimum atomic E-state index is -0.207. The Morgan fingerprint density at radius 1 is 1.50 bits per heavy atom. The first-order chi connectivity index (χ1) is 8.65. The molecule has 4 nitrogen and oxygen atoms in total. The topological polar surface area (TPSA) is 46.9 Å². The molecule has 0 spiro atoms. The van der Waals surface area contributed by atoms with E-state index >= 15 is 0 Å². The Kier molecular flexibility index (Phi) is 4.52. The molecule has 0 amide bonds. The van der Waals surface area contributed by atoms with E-state index < -0.39 is 0 Å². The smallest absolute Gasteiger partial charge is 0.310 e. The zero-order valence-corrected chi connectivity index (χ0v) is 11.6. The molecule has 2 heterocycles. The number of rotatable bonds is 5. The van der Waals surface area contributed by atoms with Gasteiger partial charge in [-0.25, -0.2) is 9.78 Å². The molecule has 0 saturated heterocycles. The van der Waals surface area contributed by atoms with Crippen LogP contribution in [0.5, 0.6) is 0 Å². The fraction of sp³-hybridized carbons (Fsp3) is 0.333. The van der Waals surface area contributed by atoms with Crippen LogP contribution >= 0.6 is 22.9 Å². The predicted molar refractivity (Wildman–Crippen MR) is 74.3 cm³/mol. The molecule has 0 aromatic carbocycles. The summed E-state index contributed by atoms with van der Waals surface area (Å²) in [5.41, 5.74) is 0.779. The van der Waals surface area contributed by atoms with Crippen LogP contribution < -0.4 is 11.0 Å². The van der Waals surface area contributed by atoms with Crippen LogP contribution in [0.2, 0.25) is 4.34 Å². The molecule has 0 bridgehead atoms. The van der Waals surface area contributed by atoms with Crippen molar-refractivity contribution >= 4 is 22.9 Å². The van der Waals surface area contributed by atoms with Gasteiger partial charge in [-0.1, -0.05) is 11.6 Å². The van der Waals surface area contributed by atoms with Crippen molar-refractivity contribution in [2.45, 2.75) is 20.0 Å². The molecule has 0 radical (unpaired) electrons. The van der Waals surface area contributed by atoms with Gasteiger partial charge in [0.1, 0.15) is 0 Å². The molecular weight excluding hydrogens is 270 g/mol. The minimum absolute atomic E-state index is 0.207. The summed E-state index contributed by atoms with van der Waals surface area (Å²) in [5, 5.41) is 3.27. The second-order valence-electron chi connectivity index (χ2n) is 3.99. The molecule has 0 atom stereocenters. The average molecular weight is 284 g/mol. The van der Waals surface area contributed by atoms with E-state index in [9.17, 15) is 4.79 Å². The highest BCUT2D eigenvalue weighted by Gasteiger charge is 1.99. The van der Waals surface area contributed by atoms with E-state index in [2.05, 4.69) is 10.3 Å². The van der Waals surface area contributed by atoms with E-state index in [0.717, 1.165) is 23.0 Å². The zero-order valence-electron chi connectivity index (χ0n) is 10.0. The second-order valence-corrected chi connectivity index (χ2v) is 5.79. The quantitative estimate of drug-likeness (QED) is 0.855. The fourth-order valence-corrected chi connectivity index (χ4v) is 2.64. The fourth-order valence-electron chi connectivity index (χ4n) is 1.58. The van der Waals surface area contributed by atoms with Crippen LogP contribution in [0.25, 0.3) is 0 Å². The number of thiophene rings is 1. The molecule has 6 heteroatoms. The SMILES string of the molecule is Cc1cnc(=O)n(CCNCc2ccc(Cl)s2)c1. The molecule has 0 saturated carbocycles. The van der Waals surface area contributed by atoms with Gasteiger partial charge in [-0.15, -0.1) is 11.3 Å². The monoisotopic (exact) mass is 283 g/mol. The van der Waals surface area contributed by atoms with Crippen molar-refractivity contribution in [1.82, 2.24) is 14.9 Å². The number of nitrogens with one attached hydrogen (secondary N) is 1. The summed E-state index contributed by atoms with van der Waals surface area (Å²) >= 11 is 7.41. The van der Waals surface area contributed by atoms with Gasteiger partial charge < -0.3 is 5.32 Å². The lowest BCUT2D eigenvalue weighted by molar-refractivity contribution is 0.576. The molecule has 18 heavy (non-hydrogen) atoms. The van der Waals surface area contributed by atoms with Crippen LogP contribution in [-0.4, -0.2) is 16.1 Å². The normalized spacial score (nSPS) is 10.8. The van der Waals surface area contributed by atoms with Gasteiger partial charge in [-0.05, 0) is 24.6 Å². The third-order valence-corrected chi connectivity index (χ3v) is 3.67. The largest absolute Gasteiger partial charge is 0.347 e. The molecule has 0 unspecified atom stereocenters. The molecule has 2 aromatic rings. The number of aryl methyl sites for hydroxylation is 1. The lowest BCUT2D eigenvalue weighted by Gasteiger charge is -2.06. The van der Waals surface area contributed by atoms with Crippen LogP contribution in [0.4, 0.5) is 0 Å². The van der Waals surface area contributed by atoms with Crippen LogP contribution in [0.3, 0.4) is 0 Å². The Morgan fingerprint density at radius 3 is 3.06 bits per heavy atom. The van der Waals surface area contributed by atoms with E-state index in [-0.39, 0.29) is 5.69 Å². The summed E-state index contributed by atoms with van der Waals surface area (Å²) in [5.74, 6) is 0. The molecule has 0 aliphatic rings. The number of hydrogen-bond donors (Lipinski definition) is 1. The highest BCUT2D eigenvalue weighted by Crippen LogP contribution is 2.20. The molecule has 2 rings (SSSR count). The van der Waals surface area contributed by atoms with Crippen molar-refractivity contribution in [2.75, 3.05) is 6.54 Å². The molecule has 0 aliphatic heterocycles. The summed E-state index contributed by atoms with van der Waals surface area (Å²) in [6, 6.07) is 3.89. The maximum atomic E-state index is 11.4. The van der Waals surface area contributed by atoms with Gasteiger partial charge in [-0.2, -0.15) is 0 Å². The highest BCUT2D eigenvalue weighted by molar-refractivity contribution is 7.16. The molecule has 0 fully saturated rings. The number of hydrogen-bond acceptors (Lipinski definition) is 4. The lowest BCUT2D eigenvalue weighted by Crippen LogP contribution is -2.28. The van der Waals surface area contributed by atoms with Gasteiger partial charge in [0.15, 0.2) is 0 Å². The summed E-state index contributed by atoms with van der Waals surface area (Å²) in [7, 11) is 0. The van der Waals surface area contributed by atoms with E-state index in [1.165, 1.54) is 4.88 Å². The van der Waals surface area contributed by atoms with Crippen LogP contribution in [0, 0.1) is 6.92 Å². The summed E-state index contributed by atoms with van der Waals surface area (Å²) in [4.78, 5) is 16.4. The first kappa shape index (κ1) is 13.3. The van der Waals surface area contributed by atoms with E-state index in [4.69, 9.17) is 11.6 Å². The van der Waals surface area contributed by atoms with E-state index in [1.807, 2.05) is 25.3 Å². The van der Waals surface area contributed by atoms with Crippen LogP contribution in [-0.2, 0) is 13.1 Å². The first-order valence-corrected chi connectivity index (χ1v) is 6.82. The minimum Gasteiger partial charge on any atom is -0.310 e. The molecular formula is C12H14ClN3OS. The Balaban J connectivity index is 1.82. The van der Waals surface area contributed by atoms with Gasteiger partial charge in [0.25, 0.3) is 0 Å². The summed E-state index contributed by atoms with van der Waals surface area (Å²) in [6.45, 7) is 4.03. The van der Waals surface area contributed by atoms with E-state index in [1.54, 1.807) is 22.1 Å². The molecule has 2 aromatic heterocycles. The Morgan fingerprint density at radius 2 is 2.33 bits per heavy atom. The van der Waals surface area contributed by atoms with Crippen LogP contribution in [0.15, 0.2) is 29.3 Å². The van der Waals surface area contributed by atoms with E-state index in [0.29, 0.717) is 6.54 Å². The van der Waals surface area contributed by atoms with Crippen molar-refractivity contribution in [3.8, 4) is 0 Å². The molecule has 0 aliphatic carbocycles. The van der Waals surface area contributed by atoms with Gasteiger partial charge >= 0.3 is 5.69 Å². The van der Waals surface area contributed by atoms with Crippen molar-refractivity contribution < 1.29 is 0 Å². The first-order valence-electron chi connectivity index (χ1n) is 5.63. The third kappa shape index (κ3) is 3.66. The van der Waals surface area contributed by atoms with Gasteiger partial charge in [-0.3, -0.25) is 4.57 Å². The maximum Gasteiger partial charge on any atom is 0.347 e. The van der Waals surface area contributed by atoms with Crippen molar-refractivity contribution in [1.29, 1.82) is 0 Å². The average Bonchev–Trinajstić information content (AvgIpc) is 2.75. The number of halogens is 1. The van der Waals surface area contributed by atoms with Crippen molar-refractivity contribution in [3.63, 3.8) is 0 Å². The molecule has 1 N–H and O–H groups in total. The third-order valence-electron chi connectivity index (χ3n) is 2.44. The van der Waals surface area contributed by atoms with Crippen LogP contribution in [0.1, 0.15) is 10.4 Å². The Labute approximate surface area is 114 Å². The number of aromatic nitrogens is 2. The van der Waals surface area contributed by atoms with Crippen molar-refractivity contribution in [2.24, 2.45) is 0 Å². The lowest BCUT2D eigenvalue weighted by atomic mass is 10.4. The second kappa shape index (κ2) is 6.13. The Bertz CT molecular complexity index is 579. The van der Waals surface area contributed by atoms with Gasteiger partial charge in [0.05, 0.1) is 4.34 Å². The number of nitrogens with zero attached hydrogens (tertiary/aromatic N) is 2. The summed E-state index contributed by atoms with van der Waals surface area (Å²) < 4.78 is 2.41. The molecule has 96 valence electrons. The zero-order chi connectivity index (χ0) is 13.0. The highest BCUT2D eigenvalue weighted by atomic mass is 35.5. The predicted octanol–water partition coefficient (Wildman–Crippen LogP) is 2.06. The summed E-state index contributed by atoms with van der Waals surface area (Å²) in [6.07, 6.45) is 3.40. The van der Waals surface area contributed by atoms with Gasteiger partial charge in [0, 0.05) is 36.9 Å². The van der Waals surface area contributed by atoms with Gasteiger partial charge in [0.2, 0.25) is 0 Å².